The first kappa shape index (κ1) is 25.0. The fourth-order valence-corrected chi connectivity index (χ4v) is 2.75. The van der Waals surface area contributed by atoms with E-state index in [9.17, 15) is 9.59 Å². The zero-order valence-electron chi connectivity index (χ0n) is 20.3. The van der Waals surface area contributed by atoms with Crippen molar-refractivity contribution in [2.45, 2.75) is 91.6 Å². The molecular weight excluding hydrogens is 399 g/mol. The van der Waals surface area contributed by atoms with Crippen molar-refractivity contribution in [1.82, 2.24) is 0 Å². The van der Waals surface area contributed by atoms with Crippen LogP contribution in [-0.2, 0) is 18.8 Å². The molecule has 172 valence electrons. The Morgan fingerprint density at radius 3 is 1.45 bits per heavy atom. The quantitative estimate of drug-likeness (QED) is 0.671. The smallest absolute Gasteiger partial charge is 0.444 e. The Hall–Kier alpha value is -2.26. The molecular formula is C22H35BN2O6. The summed E-state index contributed by atoms with van der Waals surface area (Å²) in [5.74, 6) is 0. The Balaban J connectivity index is 2.34. The molecule has 0 unspecified atom stereocenters. The zero-order valence-corrected chi connectivity index (χ0v) is 20.3. The van der Waals surface area contributed by atoms with Gasteiger partial charge in [0.25, 0.3) is 0 Å². The van der Waals surface area contributed by atoms with Crippen molar-refractivity contribution in [3.8, 4) is 0 Å². The number of amides is 2. The van der Waals surface area contributed by atoms with Gasteiger partial charge in [-0.1, -0.05) is 0 Å². The molecule has 9 heteroatoms. The molecule has 0 bridgehead atoms. The molecule has 8 nitrogen and oxygen atoms in total. The minimum absolute atomic E-state index is 0.424. The molecule has 1 heterocycles. The van der Waals surface area contributed by atoms with Gasteiger partial charge in [0, 0.05) is 11.4 Å². The maximum atomic E-state index is 12.3. The summed E-state index contributed by atoms with van der Waals surface area (Å²) in [6.45, 7) is 18.5. The van der Waals surface area contributed by atoms with Gasteiger partial charge in [0.2, 0.25) is 0 Å². The lowest BCUT2D eigenvalue weighted by molar-refractivity contribution is 0.00578. The highest BCUT2D eigenvalue weighted by atomic mass is 16.7. The van der Waals surface area contributed by atoms with Crippen LogP contribution in [0.5, 0.6) is 0 Å². The number of anilines is 2. The van der Waals surface area contributed by atoms with Crippen LogP contribution in [0.2, 0.25) is 0 Å². The van der Waals surface area contributed by atoms with Crippen LogP contribution in [0.1, 0.15) is 69.2 Å². The second-order valence-electron chi connectivity index (χ2n) is 10.7. The van der Waals surface area contributed by atoms with Gasteiger partial charge in [-0.05, 0) is 92.9 Å². The van der Waals surface area contributed by atoms with E-state index in [2.05, 4.69) is 10.6 Å². The third-order valence-corrected chi connectivity index (χ3v) is 4.77. The molecule has 0 spiro atoms. The molecule has 1 saturated heterocycles. The van der Waals surface area contributed by atoms with Crippen molar-refractivity contribution < 1.29 is 28.4 Å². The molecule has 0 saturated carbocycles. The standard InChI is InChI=1S/C22H35BN2O6/c1-19(2,3)28-17(26)24-15-11-14(23-30-21(7,8)22(9,10)31-23)12-16(13-15)25-18(27)29-20(4,5)6/h11-13H,1-10H3,(H,24,26)(H,25,27). The van der Waals surface area contributed by atoms with Gasteiger partial charge < -0.3 is 18.8 Å². The first-order chi connectivity index (χ1) is 13.9. The zero-order chi connectivity index (χ0) is 23.8. The third kappa shape index (κ3) is 7.14. The van der Waals surface area contributed by atoms with E-state index in [-0.39, 0.29) is 0 Å². The minimum atomic E-state index is -0.676. The van der Waals surface area contributed by atoms with Gasteiger partial charge >= 0.3 is 19.3 Å². The van der Waals surface area contributed by atoms with Crippen molar-refractivity contribution >= 4 is 36.1 Å². The molecule has 1 aliphatic rings. The molecule has 0 aliphatic carbocycles. The van der Waals surface area contributed by atoms with Gasteiger partial charge in [-0.25, -0.2) is 9.59 Å². The van der Waals surface area contributed by atoms with Crippen LogP contribution in [-0.4, -0.2) is 41.7 Å². The summed E-state index contributed by atoms with van der Waals surface area (Å²) in [5.41, 5.74) is -0.884. The normalized spacial score (nSPS) is 17.8. The summed E-state index contributed by atoms with van der Waals surface area (Å²) in [4.78, 5) is 24.6. The number of hydrogen-bond donors (Lipinski definition) is 2. The van der Waals surface area contributed by atoms with E-state index in [4.69, 9.17) is 18.8 Å². The SMILES string of the molecule is CC(C)(C)OC(=O)Nc1cc(NC(=O)OC(C)(C)C)cc(B2OC(C)(C)C(C)(C)O2)c1. The molecule has 0 radical (unpaired) electrons. The van der Waals surface area contributed by atoms with Gasteiger partial charge in [0.15, 0.2) is 0 Å². The second-order valence-corrected chi connectivity index (χ2v) is 10.7. The molecule has 0 atom stereocenters. The number of rotatable bonds is 3. The number of hydrogen-bond acceptors (Lipinski definition) is 6. The minimum Gasteiger partial charge on any atom is -0.444 e. The Labute approximate surface area is 185 Å². The summed E-state index contributed by atoms with van der Waals surface area (Å²) in [5, 5.41) is 5.40. The van der Waals surface area contributed by atoms with Gasteiger partial charge in [0.1, 0.15) is 11.2 Å². The first-order valence-electron chi connectivity index (χ1n) is 10.4. The highest BCUT2D eigenvalue weighted by molar-refractivity contribution is 6.62. The van der Waals surface area contributed by atoms with Crippen LogP contribution in [0.3, 0.4) is 0 Å². The molecule has 0 aromatic heterocycles. The molecule has 1 aromatic rings. The van der Waals surface area contributed by atoms with Crippen molar-refractivity contribution in [1.29, 1.82) is 0 Å². The molecule has 2 amide bonds. The van der Waals surface area contributed by atoms with E-state index in [0.29, 0.717) is 16.8 Å². The monoisotopic (exact) mass is 434 g/mol. The lowest BCUT2D eigenvalue weighted by atomic mass is 9.78. The average Bonchev–Trinajstić information content (AvgIpc) is 2.71. The summed E-state index contributed by atoms with van der Waals surface area (Å²) < 4.78 is 22.9. The topological polar surface area (TPSA) is 95.1 Å². The first-order valence-corrected chi connectivity index (χ1v) is 10.4. The van der Waals surface area contributed by atoms with Crippen molar-refractivity contribution in [2.75, 3.05) is 10.6 Å². The molecule has 2 N–H and O–H groups in total. The summed E-state index contributed by atoms with van der Waals surface area (Å²) in [6.07, 6.45) is -1.22. The maximum absolute atomic E-state index is 12.3. The summed E-state index contributed by atoms with van der Waals surface area (Å²) in [7, 11) is -0.676. The van der Waals surface area contributed by atoms with E-state index in [1.54, 1.807) is 59.7 Å². The molecule has 31 heavy (non-hydrogen) atoms. The Morgan fingerprint density at radius 2 is 1.13 bits per heavy atom. The Kier molecular flexibility index (Phi) is 6.74. The van der Waals surface area contributed by atoms with Gasteiger partial charge in [-0.15, -0.1) is 0 Å². The van der Waals surface area contributed by atoms with Crippen molar-refractivity contribution in [3.63, 3.8) is 0 Å². The third-order valence-electron chi connectivity index (χ3n) is 4.77. The van der Waals surface area contributed by atoms with Gasteiger partial charge in [-0.3, -0.25) is 10.6 Å². The van der Waals surface area contributed by atoms with Crippen LogP contribution in [0, 0.1) is 0 Å². The van der Waals surface area contributed by atoms with E-state index >= 15 is 0 Å². The fraction of sp³-hybridized carbons (Fsp3) is 0.636. The summed E-state index contributed by atoms with van der Waals surface area (Å²) >= 11 is 0. The number of nitrogens with one attached hydrogen (secondary N) is 2. The van der Waals surface area contributed by atoms with Gasteiger partial charge in [0.05, 0.1) is 11.2 Å². The largest absolute Gasteiger partial charge is 0.494 e. The second kappa shape index (κ2) is 8.35. The lowest BCUT2D eigenvalue weighted by Crippen LogP contribution is -2.41. The maximum Gasteiger partial charge on any atom is 0.494 e. The van der Waals surface area contributed by atoms with E-state index < -0.39 is 41.7 Å². The van der Waals surface area contributed by atoms with E-state index in [1.165, 1.54) is 0 Å². The van der Waals surface area contributed by atoms with Crippen LogP contribution < -0.4 is 16.1 Å². The highest BCUT2D eigenvalue weighted by Crippen LogP contribution is 2.36. The molecule has 2 rings (SSSR count). The van der Waals surface area contributed by atoms with Crippen LogP contribution >= 0.6 is 0 Å². The summed E-state index contributed by atoms with van der Waals surface area (Å²) in [6, 6.07) is 5.07. The Morgan fingerprint density at radius 1 is 0.774 bits per heavy atom. The van der Waals surface area contributed by atoms with Crippen molar-refractivity contribution in [2.24, 2.45) is 0 Å². The van der Waals surface area contributed by atoms with Gasteiger partial charge in [-0.2, -0.15) is 0 Å². The highest BCUT2D eigenvalue weighted by Gasteiger charge is 2.51. The molecule has 1 fully saturated rings. The average molecular weight is 434 g/mol. The van der Waals surface area contributed by atoms with Crippen LogP contribution in [0.25, 0.3) is 0 Å². The number of carbonyl (C=O) groups is 2. The number of benzene rings is 1. The lowest BCUT2D eigenvalue weighted by Gasteiger charge is -2.32. The number of carbonyl (C=O) groups excluding carboxylic acids is 2. The predicted molar refractivity (Wildman–Crippen MR) is 122 cm³/mol. The van der Waals surface area contributed by atoms with E-state index in [0.717, 1.165) is 0 Å². The van der Waals surface area contributed by atoms with E-state index in [1.807, 2.05) is 27.7 Å². The van der Waals surface area contributed by atoms with Crippen LogP contribution in [0.15, 0.2) is 18.2 Å². The molecule has 1 aromatic carbocycles. The number of ether oxygens (including phenoxy) is 2. The van der Waals surface area contributed by atoms with Crippen molar-refractivity contribution in [3.05, 3.63) is 18.2 Å². The predicted octanol–water partition coefficient (Wildman–Crippen LogP) is 4.68. The fourth-order valence-electron chi connectivity index (χ4n) is 2.75. The Bertz CT molecular complexity index is 775. The van der Waals surface area contributed by atoms with Crippen LogP contribution in [0.4, 0.5) is 21.0 Å². The molecule has 1 aliphatic heterocycles.